The third-order valence-electron chi connectivity index (χ3n) is 3.56. The molecular weight excluding hydrogens is 304 g/mol. The van der Waals surface area contributed by atoms with E-state index in [-0.39, 0.29) is 23.9 Å². The van der Waals surface area contributed by atoms with Crippen molar-refractivity contribution in [2.45, 2.75) is 40.2 Å². The summed E-state index contributed by atoms with van der Waals surface area (Å²) in [6, 6.07) is 5.21. The first-order valence-electron chi connectivity index (χ1n) is 7.88. The van der Waals surface area contributed by atoms with Crippen LogP contribution in [0.5, 0.6) is 0 Å². The fraction of sp³-hybridized carbons (Fsp3) is 0.444. The predicted octanol–water partition coefficient (Wildman–Crippen LogP) is 2.23. The molecular formula is C18H24N4O2. The molecule has 2 rings (SSSR count). The first kappa shape index (κ1) is 17.8. The van der Waals surface area contributed by atoms with Gasteiger partial charge in [-0.1, -0.05) is 0 Å². The molecule has 0 aliphatic carbocycles. The average Bonchev–Trinajstić information content (AvgIpc) is 2.45. The molecule has 1 aromatic carbocycles. The summed E-state index contributed by atoms with van der Waals surface area (Å²) in [6.45, 7) is 9.51. The van der Waals surface area contributed by atoms with E-state index in [2.05, 4.69) is 15.3 Å². The van der Waals surface area contributed by atoms with Crippen molar-refractivity contribution < 1.29 is 9.59 Å². The van der Waals surface area contributed by atoms with Crippen LogP contribution in [0.3, 0.4) is 0 Å². The molecule has 0 aliphatic rings. The molecule has 1 heterocycles. The van der Waals surface area contributed by atoms with Crippen LogP contribution in [0.4, 0.5) is 0 Å². The molecule has 0 saturated carbocycles. The maximum Gasteiger partial charge on any atom is 0.254 e. The van der Waals surface area contributed by atoms with Crippen molar-refractivity contribution in [2.75, 3.05) is 13.6 Å². The van der Waals surface area contributed by atoms with E-state index in [4.69, 9.17) is 0 Å². The number of likely N-dealkylation sites (N-methyl/N-ethyl adjacent to an activating group) is 1. The van der Waals surface area contributed by atoms with Crippen LogP contribution >= 0.6 is 0 Å². The van der Waals surface area contributed by atoms with E-state index in [1.807, 2.05) is 34.6 Å². The Kier molecular flexibility index (Phi) is 4.87. The Morgan fingerprint density at radius 3 is 2.25 bits per heavy atom. The fourth-order valence-corrected chi connectivity index (χ4v) is 2.33. The Morgan fingerprint density at radius 1 is 1.08 bits per heavy atom. The molecule has 1 N–H and O–H groups in total. The zero-order chi connectivity index (χ0) is 18.1. The van der Waals surface area contributed by atoms with Crippen LogP contribution in [-0.2, 0) is 4.79 Å². The first-order chi connectivity index (χ1) is 11.1. The topological polar surface area (TPSA) is 75.2 Å². The lowest BCUT2D eigenvalue weighted by molar-refractivity contribution is -0.122. The summed E-state index contributed by atoms with van der Waals surface area (Å²) in [5.41, 5.74) is 3.31. The number of nitrogens with zero attached hydrogens (tertiary/aromatic N) is 3. The number of amides is 2. The molecule has 0 saturated heterocycles. The lowest BCUT2D eigenvalue weighted by Gasteiger charge is -2.23. The maximum absolute atomic E-state index is 12.5. The Hall–Kier alpha value is -2.50. The monoisotopic (exact) mass is 328 g/mol. The first-order valence-corrected chi connectivity index (χ1v) is 7.88. The minimum absolute atomic E-state index is 0.00669. The molecule has 0 unspecified atom stereocenters. The second-order valence-corrected chi connectivity index (χ2v) is 7.06. The van der Waals surface area contributed by atoms with Gasteiger partial charge in [-0.05, 0) is 52.8 Å². The van der Waals surface area contributed by atoms with Crippen molar-refractivity contribution in [2.24, 2.45) is 0 Å². The smallest absolute Gasteiger partial charge is 0.254 e. The molecule has 0 fully saturated rings. The van der Waals surface area contributed by atoms with E-state index in [0.29, 0.717) is 11.1 Å². The third kappa shape index (κ3) is 4.28. The fourth-order valence-electron chi connectivity index (χ4n) is 2.33. The lowest BCUT2D eigenvalue weighted by atomic mass is 10.1. The van der Waals surface area contributed by atoms with Gasteiger partial charge in [-0.2, -0.15) is 0 Å². The summed E-state index contributed by atoms with van der Waals surface area (Å²) in [4.78, 5) is 34.8. The second kappa shape index (κ2) is 6.55. The second-order valence-electron chi connectivity index (χ2n) is 7.06. The SMILES string of the molecule is Cc1nc2ccc(C(=O)N(C)CC(=O)NC(C)(C)C)cc2nc1C. The van der Waals surface area contributed by atoms with Gasteiger partial charge in [0.2, 0.25) is 5.91 Å². The van der Waals surface area contributed by atoms with E-state index in [9.17, 15) is 9.59 Å². The highest BCUT2D eigenvalue weighted by molar-refractivity contribution is 5.98. The summed E-state index contributed by atoms with van der Waals surface area (Å²) in [5, 5.41) is 2.84. The van der Waals surface area contributed by atoms with Crippen LogP contribution in [0, 0.1) is 13.8 Å². The van der Waals surface area contributed by atoms with Gasteiger partial charge >= 0.3 is 0 Å². The van der Waals surface area contributed by atoms with Crippen LogP contribution in [0.15, 0.2) is 18.2 Å². The average molecular weight is 328 g/mol. The van der Waals surface area contributed by atoms with Gasteiger partial charge in [0.25, 0.3) is 5.91 Å². The van der Waals surface area contributed by atoms with Gasteiger partial charge in [-0.15, -0.1) is 0 Å². The van der Waals surface area contributed by atoms with Gasteiger partial charge in [-0.25, -0.2) is 9.97 Å². The summed E-state index contributed by atoms with van der Waals surface area (Å²) in [6.07, 6.45) is 0. The number of nitrogens with one attached hydrogen (secondary N) is 1. The highest BCUT2D eigenvalue weighted by atomic mass is 16.2. The largest absolute Gasteiger partial charge is 0.350 e. The highest BCUT2D eigenvalue weighted by Crippen LogP contribution is 2.15. The number of carbonyl (C=O) groups excluding carboxylic acids is 2. The summed E-state index contributed by atoms with van der Waals surface area (Å²) in [5.74, 6) is -0.411. The zero-order valence-corrected chi connectivity index (χ0v) is 15.1. The lowest BCUT2D eigenvalue weighted by Crippen LogP contribution is -2.46. The Morgan fingerprint density at radius 2 is 1.67 bits per heavy atom. The van der Waals surface area contributed by atoms with Gasteiger partial charge in [-0.3, -0.25) is 9.59 Å². The van der Waals surface area contributed by atoms with E-state index in [0.717, 1.165) is 16.9 Å². The number of fused-ring (bicyclic) bond motifs is 1. The van der Waals surface area contributed by atoms with Crippen LogP contribution < -0.4 is 5.32 Å². The predicted molar refractivity (Wildman–Crippen MR) is 93.9 cm³/mol. The van der Waals surface area contributed by atoms with Gasteiger partial charge in [0.05, 0.1) is 29.0 Å². The number of benzene rings is 1. The number of aromatic nitrogens is 2. The minimum Gasteiger partial charge on any atom is -0.350 e. The van der Waals surface area contributed by atoms with Gasteiger partial charge in [0.1, 0.15) is 0 Å². The van der Waals surface area contributed by atoms with Crippen molar-refractivity contribution in [3.05, 3.63) is 35.2 Å². The number of hydrogen-bond donors (Lipinski definition) is 1. The normalized spacial score (nSPS) is 11.4. The number of carbonyl (C=O) groups is 2. The van der Waals surface area contributed by atoms with Crippen molar-refractivity contribution in [3.63, 3.8) is 0 Å². The molecule has 2 aromatic rings. The molecule has 0 spiro atoms. The highest BCUT2D eigenvalue weighted by Gasteiger charge is 2.19. The molecule has 1 aromatic heterocycles. The van der Waals surface area contributed by atoms with Crippen molar-refractivity contribution in [1.29, 1.82) is 0 Å². The minimum atomic E-state index is -0.325. The van der Waals surface area contributed by atoms with Crippen LogP contribution in [0.2, 0.25) is 0 Å². The molecule has 0 atom stereocenters. The molecule has 6 nitrogen and oxygen atoms in total. The van der Waals surface area contributed by atoms with Crippen molar-refractivity contribution in [1.82, 2.24) is 20.2 Å². The number of rotatable bonds is 3. The van der Waals surface area contributed by atoms with Crippen molar-refractivity contribution in [3.8, 4) is 0 Å². The van der Waals surface area contributed by atoms with Crippen LogP contribution in [-0.4, -0.2) is 45.8 Å². The Labute approximate surface area is 142 Å². The number of hydrogen-bond acceptors (Lipinski definition) is 4. The summed E-state index contributed by atoms with van der Waals surface area (Å²) >= 11 is 0. The molecule has 128 valence electrons. The molecule has 2 amide bonds. The third-order valence-corrected chi connectivity index (χ3v) is 3.56. The van der Waals surface area contributed by atoms with Gasteiger partial charge in [0, 0.05) is 18.2 Å². The van der Waals surface area contributed by atoms with E-state index >= 15 is 0 Å². The van der Waals surface area contributed by atoms with E-state index < -0.39 is 0 Å². The van der Waals surface area contributed by atoms with Crippen LogP contribution in [0.1, 0.15) is 42.5 Å². The quantitative estimate of drug-likeness (QED) is 0.937. The zero-order valence-electron chi connectivity index (χ0n) is 15.1. The Bertz CT molecular complexity index is 793. The number of aryl methyl sites for hydroxylation is 2. The molecule has 24 heavy (non-hydrogen) atoms. The van der Waals surface area contributed by atoms with Crippen LogP contribution in [0.25, 0.3) is 11.0 Å². The van der Waals surface area contributed by atoms with Gasteiger partial charge in [0.15, 0.2) is 0 Å². The molecule has 0 bridgehead atoms. The van der Waals surface area contributed by atoms with E-state index in [1.165, 1.54) is 4.90 Å². The standard InChI is InChI=1S/C18H24N4O2/c1-11-12(2)20-15-9-13(7-8-14(15)19-11)17(24)22(6)10-16(23)21-18(3,4)5/h7-9H,10H2,1-6H3,(H,21,23). The molecule has 0 aliphatic heterocycles. The Balaban J connectivity index is 2.18. The maximum atomic E-state index is 12.5. The summed E-state index contributed by atoms with van der Waals surface area (Å²) < 4.78 is 0. The molecule has 6 heteroatoms. The van der Waals surface area contributed by atoms with Gasteiger partial charge < -0.3 is 10.2 Å². The van der Waals surface area contributed by atoms with E-state index in [1.54, 1.807) is 25.2 Å². The summed E-state index contributed by atoms with van der Waals surface area (Å²) in [7, 11) is 1.61. The molecule has 0 radical (unpaired) electrons. The van der Waals surface area contributed by atoms with Crippen molar-refractivity contribution >= 4 is 22.8 Å².